The second kappa shape index (κ2) is 6.66. The van der Waals surface area contributed by atoms with Gasteiger partial charge in [-0.2, -0.15) is 0 Å². The minimum Gasteiger partial charge on any atom is -0.385 e. The summed E-state index contributed by atoms with van der Waals surface area (Å²) in [6, 6.07) is 10.0. The summed E-state index contributed by atoms with van der Waals surface area (Å²) in [5, 5.41) is 20.9. The van der Waals surface area contributed by atoms with Crippen LogP contribution in [0, 0.1) is 6.92 Å². The van der Waals surface area contributed by atoms with Crippen molar-refractivity contribution in [3.8, 4) is 11.3 Å². The molecule has 5 rings (SSSR count). The average molecular weight is 391 g/mol. The molecule has 3 N–H and O–H groups in total. The largest absolute Gasteiger partial charge is 0.385 e. The van der Waals surface area contributed by atoms with E-state index >= 15 is 0 Å². The van der Waals surface area contributed by atoms with E-state index in [0.717, 1.165) is 39.3 Å². The molecule has 1 saturated heterocycles. The van der Waals surface area contributed by atoms with Crippen molar-refractivity contribution in [3.63, 3.8) is 0 Å². The van der Waals surface area contributed by atoms with Crippen molar-refractivity contribution in [3.05, 3.63) is 54.1 Å². The number of nitrogens with one attached hydrogen (secondary N) is 1. The van der Waals surface area contributed by atoms with E-state index < -0.39 is 11.8 Å². The Bertz CT molecular complexity index is 1170. The monoisotopic (exact) mass is 391 g/mol. The molecule has 0 saturated carbocycles. The molecule has 7 nitrogen and oxygen atoms in total. The lowest BCUT2D eigenvalue weighted by atomic mass is 9.84. The van der Waals surface area contributed by atoms with Crippen LogP contribution in [0.4, 0.5) is 0 Å². The molecule has 0 radical (unpaired) electrons. The first-order chi connectivity index (χ1) is 14.0. The zero-order valence-electron chi connectivity index (χ0n) is 16.6. The van der Waals surface area contributed by atoms with Gasteiger partial charge >= 0.3 is 0 Å². The molecular weight excluding hydrogens is 366 g/mol. The van der Waals surface area contributed by atoms with Crippen molar-refractivity contribution in [1.82, 2.24) is 24.3 Å². The standard InChI is InChI=1S/C22H25N5O2/c1-14-25-20(19-13-24-21-18(27(14)19)7-10-23-21)16-3-5-17(6-4-16)22(29)8-11-26(12-9-22)15(2)28/h3-7,10,13,15,23,28-29H,8-9,11-12H2,1-2H3. The van der Waals surface area contributed by atoms with Crippen LogP contribution in [0.5, 0.6) is 0 Å². The normalized spacial score (nSPS) is 18.5. The van der Waals surface area contributed by atoms with Crippen LogP contribution < -0.4 is 0 Å². The number of aliphatic hydroxyl groups is 2. The summed E-state index contributed by atoms with van der Waals surface area (Å²) in [4.78, 5) is 14.4. The third-order valence-electron chi connectivity index (χ3n) is 6.19. The van der Waals surface area contributed by atoms with Crippen molar-refractivity contribution in [2.24, 2.45) is 0 Å². The number of benzene rings is 1. The van der Waals surface area contributed by atoms with Gasteiger partial charge in [-0.05, 0) is 38.3 Å². The van der Waals surface area contributed by atoms with E-state index in [1.54, 1.807) is 6.92 Å². The fourth-order valence-electron chi connectivity index (χ4n) is 4.44. The van der Waals surface area contributed by atoms with Gasteiger partial charge in [0.15, 0.2) is 5.65 Å². The first-order valence-corrected chi connectivity index (χ1v) is 10.0. The van der Waals surface area contributed by atoms with Crippen LogP contribution in [-0.2, 0) is 5.60 Å². The summed E-state index contributed by atoms with van der Waals surface area (Å²) in [7, 11) is 0. The Morgan fingerprint density at radius 3 is 2.52 bits per heavy atom. The molecule has 1 unspecified atom stereocenters. The summed E-state index contributed by atoms with van der Waals surface area (Å²) in [5.41, 5.74) is 4.76. The lowest BCUT2D eigenvalue weighted by molar-refractivity contribution is -0.0709. The molecule has 0 aliphatic carbocycles. The van der Waals surface area contributed by atoms with Gasteiger partial charge in [0.2, 0.25) is 0 Å². The van der Waals surface area contributed by atoms with Crippen LogP contribution >= 0.6 is 0 Å². The van der Waals surface area contributed by atoms with Gasteiger partial charge in [0.25, 0.3) is 0 Å². The molecule has 1 fully saturated rings. The smallest absolute Gasteiger partial charge is 0.154 e. The van der Waals surface area contributed by atoms with Gasteiger partial charge in [-0.25, -0.2) is 9.97 Å². The summed E-state index contributed by atoms with van der Waals surface area (Å²) in [5.74, 6) is 0.912. The number of rotatable bonds is 3. The van der Waals surface area contributed by atoms with E-state index in [-0.39, 0.29) is 0 Å². The molecule has 0 bridgehead atoms. The number of aromatic nitrogens is 4. The fraction of sp³-hybridized carbons (Fsp3) is 0.364. The van der Waals surface area contributed by atoms with E-state index in [1.165, 1.54) is 0 Å². The number of hydrogen-bond donors (Lipinski definition) is 3. The van der Waals surface area contributed by atoms with E-state index in [1.807, 2.05) is 54.5 Å². The molecule has 150 valence electrons. The number of H-pyrrole nitrogens is 1. The SMILES string of the molecule is Cc1nc(-c2ccc(C3(O)CCN(C(C)O)CC3)cc2)c2cnc3[nH]ccc3n12. The number of hydrogen-bond acceptors (Lipinski definition) is 5. The third kappa shape index (κ3) is 2.93. The van der Waals surface area contributed by atoms with Crippen LogP contribution in [0.15, 0.2) is 42.7 Å². The van der Waals surface area contributed by atoms with Gasteiger partial charge in [0, 0.05) is 24.8 Å². The topological polar surface area (TPSA) is 89.7 Å². The molecule has 1 atom stereocenters. The molecule has 3 aromatic heterocycles. The Morgan fingerprint density at radius 2 is 1.83 bits per heavy atom. The predicted molar refractivity (Wildman–Crippen MR) is 111 cm³/mol. The number of aromatic amines is 1. The van der Waals surface area contributed by atoms with Crippen LogP contribution in [0.25, 0.3) is 27.9 Å². The maximum Gasteiger partial charge on any atom is 0.154 e. The molecule has 4 aromatic rings. The Hall–Kier alpha value is -2.74. The number of fused-ring (bicyclic) bond motifs is 3. The average Bonchev–Trinajstić information content (AvgIpc) is 3.32. The second-order valence-electron chi connectivity index (χ2n) is 7.97. The molecule has 0 spiro atoms. The Kier molecular flexibility index (Phi) is 4.20. The number of imidazole rings is 1. The lowest BCUT2D eigenvalue weighted by Gasteiger charge is -2.39. The van der Waals surface area contributed by atoms with Crippen molar-refractivity contribution >= 4 is 16.7 Å². The van der Waals surface area contributed by atoms with Gasteiger partial charge in [-0.1, -0.05) is 24.3 Å². The highest BCUT2D eigenvalue weighted by Gasteiger charge is 2.35. The first-order valence-electron chi connectivity index (χ1n) is 10.0. The van der Waals surface area contributed by atoms with Crippen molar-refractivity contribution in [2.45, 2.75) is 38.5 Å². The fourth-order valence-corrected chi connectivity index (χ4v) is 4.44. The highest BCUT2D eigenvalue weighted by molar-refractivity contribution is 5.84. The first kappa shape index (κ1) is 18.3. The highest BCUT2D eigenvalue weighted by atomic mass is 16.3. The minimum atomic E-state index is -0.852. The summed E-state index contributed by atoms with van der Waals surface area (Å²) >= 11 is 0. The Morgan fingerprint density at radius 1 is 1.10 bits per heavy atom. The second-order valence-corrected chi connectivity index (χ2v) is 7.97. The predicted octanol–water partition coefficient (Wildman–Crippen LogP) is 2.81. The number of likely N-dealkylation sites (tertiary alicyclic amines) is 1. The van der Waals surface area contributed by atoms with Gasteiger partial charge in [0.1, 0.15) is 12.1 Å². The van der Waals surface area contributed by atoms with Crippen molar-refractivity contribution in [1.29, 1.82) is 0 Å². The number of aryl methyl sites for hydroxylation is 1. The Balaban J connectivity index is 1.48. The zero-order valence-corrected chi connectivity index (χ0v) is 16.6. The minimum absolute atomic E-state index is 0.473. The summed E-state index contributed by atoms with van der Waals surface area (Å²) in [6.07, 6.45) is 4.48. The highest BCUT2D eigenvalue weighted by Crippen LogP contribution is 2.35. The molecule has 1 aromatic carbocycles. The molecular formula is C22H25N5O2. The number of aliphatic hydroxyl groups excluding tert-OH is 1. The number of piperidine rings is 1. The molecule has 1 aliphatic heterocycles. The lowest BCUT2D eigenvalue weighted by Crippen LogP contribution is -2.46. The van der Waals surface area contributed by atoms with Gasteiger partial charge in [0.05, 0.1) is 28.5 Å². The molecule has 0 amide bonds. The van der Waals surface area contributed by atoms with Crippen molar-refractivity contribution < 1.29 is 10.2 Å². The molecule has 29 heavy (non-hydrogen) atoms. The van der Waals surface area contributed by atoms with Crippen LogP contribution in [-0.4, -0.2) is 53.8 Å². The molecule has 7 heteroatoms. The van der Waals surface area contributed by atoms with E-state index in [0.29, 0.717) is 25.9 Å². The number of nitrogens with zero attached hydrogens (tertiary/aromatic N) is 4. The van der Waals surface area contributed by atoms with Gasteiger partial charge in [-0.3, -0.25) is 9.30 Å². The zero-order chi connectivity index (χ0) is 20.2. The van der Waals surface area contributed by atoms with Crippen LogP contribution in [0.2, 0.25) is 0 Å². The quantitative estimate of drug-likeness (QED) is 0.500. The molecule has 1 aliphatic rings. The van der Waals surface area contributed by atoms with Gasteiger partial charge < -0.3 is 15.2 Å². The van der Waals surface area contributed by atoms with E-state index in [2.05, 4.69) is 14.4 Å². The third-order valence-corrected chi connectivity index (χ3v) is 6.19. The molecule has 4 heterocycles. The Labute approximate surface area is 168 Å². The van der Waals surface area contributed by atoms with Crippen LogP contribution in [0.1, 0.15) is 31.2 Å². The maximum absolute atomic E-state index is 11.1. The maximum atomic E-state index is 11.1. The van der Waals surface area contributed by atoms with Crippen LogP contribution in [0.3, 0.4) is 0 Å². The summed E-state index contributed by atoms with van der Waals surface area (Å²) < 4.78 is 2.11. The van der Waals surface area contributed by atoms with E-state index in [4.69, 9.17) is 4.98 Å². The van der Waals surface area contributed by atoms with Crippen molar-refractivity contribution in [2.75, 3.05) is 13.1 Å². The summed E-state index contributed by atoms with van der Waals surface area (Å²) in [6.45, 7) is 5.13. The van der Waals surface area contributed by atoms with Gasteiger partial charge in [-0.15, -0.1) is 0 Å². The van der Waals surface area contributed by atoms with E-state index in [9.17, 15) is 10.2 Å².